The predicted molar refractivity (Wildman–Crippen MR) is 113 cm³/mol. The Morgan fingerprint density at radius 1 is 1.00 bits per heavy atom. The smallest absolute Gasteiger partial charge is 0.387 e. The Labute approximate surface area is 176 Å². The largest absolute Gasteiger partial charge is 0.417 e. The molecule has 3 rings (SSSR count). The monoisotopic (exact) mass is 421 g/mol. The van der Waals surface area contributed by atoms with Crippen LogP contribution in [0.5, 0.6) is 0 Å². The van der Waals surface area contributed by atoms with Crippen molar-refractivity contribution < 1.29 is 18.3 Å². The summed E-state index contributed by atoms with van der Waals surface area (Å²) in [5.74, 6) is 0.557. The number of aliphatic hydroxyl groups excluding tert-OH is 1. The van der Waals surface area contributed by atoms with Crippen molar-refractivity contribution in [3.05, 3.63) is 59.3 Å². The molecule has 1 N–H and O–H groups in total. The zero-order valence-electron chi connectivity index (χ0n) is 17.4. The van der Waals surface area contributed by atoms with Crippen molar-refractivity contribution in [3.8, 4) is 0 Å². The van der Waals surface area contributed by atoms with Gasteiger partial charge in [0.15, 0.2) is 0 Å². The summed E-state index contributed by atoms with van der Waals surface area (Å²) in [4.78, 5) is 8.14. The summed E-state index contributed by atoms with van der Waals surface area (Å²) >= 11 is 0. The quantitative estimate of drug-likeness (QED) is 0.628. The summed E-state index contributed by atoms with van der Waals surface area (Å²) in [6.07, 6.45) is 0.675. The molecular formula is C23H30F3N3O. The highest BCUT2D eigenvalue weighted by molar-refractivity contribution is 5.40. The van der Waals surface area contributed by atoms with E-state index in [9.17, 15) is 18.3 Å². The molecule has 0 aliphatic carbocycles. The third-order valence-corrected chi connectivity index (χ3v) is 5.64. The van der Waals surface area contributed by atoms with Gasteiger partial charge in [-0.1, -0.05) is 44.0 Å². The fourth-order valence-corrected chi connectivity index (χ4v) is 3.74. The number of hydrogen-bond acceptors (Lipinski definition) is 4. The molecule has 1 fully saturated rings. The van der Waals surface area contributed by atoms with Crippen LogP contribution in [0.25, 0.3) is 0 Å². The molecule has 0 saturated carbocycles. The highest BCUT2D eigenvalue weighted by Gasteiger charge is 2.31. The van der Waals surface area contributed by atoms with E-state index in [2.05, 4.69) is 28.9 Å². The molecule has 4 nitrogen and oxygen atoms in total. The third-order valence-electron chi connectivity index (χ3n) is 5.64. The lowest BCUT2D eigenvalue weighted by atomic mass is 10.0. The molecule has 1 aromatic carbocycles. The van der Waals surface area contributed by atoms with Crippen LogP contribution >= 0.6 is 0 Å². The van der Waals surface area contributed by atoms with Gasteiger partial charge in [0.2, 0.25) is 0 Å². The van der Waals surface area contributed by atoms with Gasteiger partial charge in [-0.15, -0.1) is 0 Å². The van der Waals surface area contributed by atoms with Crippen molar-refractivity contribution in [2.45, 2.75) is 44.9 Å². The molecule has 0 amide bonds. The Bertz CT molecular complexity index is 770. The number of halogens is 3. The first-order valence-corrected chi connectivity index (χ1v) is 10.6. The molecule has 1 aromatic heterocycles. The second-order valence-corrected chi connectivity index (χ2v) is 7.90. The summed E-state index contributed by atoms with van der Waals surface area (Å²) < 4.78 is 38.0. The highest BCUT2D eigenvalue weighted by Crippen LogP contribution is 2.29. The minimum atomic E-state index is -4.37. The average molecular weight is 422 g/mol. The van der Waals surface area contributed by atoms with E-state index in [0.29, 0.717) is 25.5 Å². The number of hydrogen-bond donors (Lipinski definition) is 1. The number of benzene rings is 1. The first-order chi connectivity index (χ1) is 14.4. The molecule has 2 aromatic rings. The fraction of sp³-hybridized carbons (Fsp3) is 0.522. The van der Waals surface area contributed by atoms with E-state index < -0.39 is 17.8 Å². The molecule has 1 saturated heterocycles. The highest BCUT2D eigenvalue weighted by atomic mass is 19.4. The summed E-state index contributed by atoms with van der Waals surface area (Å²) in [5, 5.41) is 10.6. The SMILES string of the molecule is CCCCCc1ccc([C@@H](O)CN2CCN(c3ccc(C(F)(F)F)cn3)CC2)cc1. The van der Waals surface area contributed by atoms with Gasteiger partial charge < -0.3 is 10.0 Å². The molecule has 0 spiro atoms. The van der Waals surface area contributed by atoms with Gasteiger partial charge in [-0.05, 0) is 36.1 Å². The Kier molecular flexibility index (Phi) is 7.72. The first-order valence-electron chi connectivity index (χ1n) is 10.6. The summed E-state index contributed by atoms with van der Waals surface area (Å²) in [5.41, 5.74) is 1.49. The molecule has 2 heterocycles. The first kappa shape index (κ1) is 22.6. The van der Waals surface area contributed by atoms with E-state index in [0.717, 1.165) is 37.3 Å². The van der Waals surface area contributed by atoms with Gasteiger partial charge >= 0.3 is 6.18 Å². The van der Waals surface area contributed by atoms with Crippen molar-refractivity contribution in [3.63, 3.8) is 0 Å². The number of anilines is 1. The predicted octanol–water partition coefficient (Wildman–Crippen LogP) is 4.69. The normalized spacial score (nSPS) is 16.6. The molecule has 7 heteroatoms. The fourth-order valence-electron chi connectivity index (χ4n) is 3.74. The molecule has 0 bridgehead atoms. The van der Waals surface area contributed by atoms with Crippen LogP contribution in [0.4, 0.5) is 19.0 Å². The van der Waals surface area contributed by atoms with Crippen molar-refractivity contribution in [2.75, 3.05) is 37.6 Å². The van der Waals surface area contributed by atoms with Crippen LogP contribution in [-0.2, 0) is 12.6 Å². The van der Waals surface area contributed by atoms with Crippen molar-refractivity contribution in [1.82, 2.24) is 9.88 Å². The summed E-state index contributed by atoms with van der Waals surface area (Å²) in [6, 6.07) is 10.7. The van der Waals surface area contributed by atoms with Gasteiger partial charge in [0.25, 0.3) is 0 Å². The van der Waals surface area contributed by atoms with Crippen LogP contribution in [0.15, 0.2) is 42.6 Å². The van der Waals surface area contributed by atoms with Crippen molar-refractivity contribution >= 4 is 5.82 Å². The number of unbranched alkanes of at least 4 members (excludes halogenated alkanes) is 2. The van der Waals surface area contributed by atoms with E-state index in [-0.39, 0.29) is 0 Å². The number of piperazine rings is 1. The van der Waals surface area contributed by atoms with Gasteiger partial charge in [-0.3, -0.25) is 4.90 Å². The maximum Gasteiger partial charge on any atom is 0.417 e. The lowest BCUT2D eigenvalue weighted by Crippen LogP contribution is -2.47. The number of β-amino-alcohol motifs (C(OH)–C–C–N with tert-alkyl or cyclic N) is 1. The Balaban J connectivity index is 1.47. The number of aromatic nitrogens is 1. The standard InChI is InChI=1S/C23H30F3N3O/c1-2-3-4-5-18-6-8-19(9-7-18)21(30)17-28-12-14-29(15-13-28)22-11-10-20(16-27-22)23(24,25)26/h6-11,16,21,30H,2-5,12-15,17H2,1H3/t21-/m0/s1. The van der Waals surface area contributed by atoms with Crippen LogP contribution in [-0.4, -0.2) is 47.7 Å². The van der Waals surface area contributed by atoms with Gasteiger partial charge in [-0.2, -0.15) is 13.2 Å². The molecular weight excluding hydrogens is 391 g/mol. The van der Waals surface area contributed by atoms with Gasteiger partial charge in [0.05, 0.1) is 11.7 Å². The lowest BCUT2D eigenvalue weighted by Gasteiger charge is -2.36. The van der Waals surface area contributed by atoms with E-state index in [1.54, 1.807) is 0 Å². The number of aryl methyl sites for hydroxylation is 1. The summed E-state index contributed by atoms with van der Waals surface area (Å²) in [6.45, 7) is 5.54. The molecule has 1 aliphatic heterocycles. The van der Waals surface area contributed by atoms with E-state index in [4.69, 9.17) is 0 Å². The van der Waals surface area contributed by atoms with Crippen LogP contribution in [0.2, 0.25) is 0 Å². The Hall–Kier alpha value is -2.12. The van der Waals surface area contributed by atoms with Gasteiger partial charge in [-0.25, -0.2) is 4.98 Å². The number of alkyl halides is 3. The zero-order chi connectivity index (χ0) is 21.6. The topological polar surface area (TPSA) is 39.6 Å². The molecule has 1 atom stereocenters. The van der Waals surface area contributed by atoms with Crippen LogP contribution in [0.1, 0.15) is 49.0 Å². The minimum Gasteiger partial charge on any atom is -0.387 e. The zero-order valence-corrected chi connectivity index (χ0v) is 17.4. The van der Waals surface area contributed by atoms with Crippen molar-refractivity contribution in [1.29, 1.82) is 0 Å². The lowest BCUT2D eigenvalue weighted by molar-refractivity contribution is -0.137. The number of rotatable bonds is 8. The van der Waals surface area contributed by atoms with E-state index in [1.165, 1.54) is 30.9 Å². The van der Waals surface area contributed by atoms with Crippen molar-refractivity contribution in [2.24, 2.45) is 0 Å². The maximum absolute atomic E-state index is 12.7. The molecule has 164 valence electrons. The molecule has 0 unspecified atom stereocenters. The second kappa shape index (κ2) is 10.3. The maximum atomic E-state index is 12.7. The average Bonchev–Trinajstić information content (AvgIpc) is 2.74. The van der Waals surface area contributed by atoms with E-state index >= 15 is 0 Å². The summed E-state index contributed by atoms with van der Waals surface area (Å²) in [7, 11) is 0. The Morgan fingerprint density at radius 3 is 2.27 bits per heavy atom. The molecule has 1 aliphatic rings. The van der Waals surface area contributed by atoms with Crippen LogP contribution < -0.4 is 4.90 Å². The minimum absolute atomic E-state index is 0.545. The van der Waals surface area contributed by atoms with Crippen LogP contribution in [0.3, 0.4) is 0 Å². The number of aliphatic hydroxyl groups is 1. The molecule has 0 radical (unpaired) electrons. The van der Waals surface area contributed by atoms with Gasteiger partial charge in [0.1, 0.15) is 5.82 Å². The molecule has 30 heavy (non-hydrogen) atoms. The van der Waals surface area contributed by atoms with E-state index in [1.807, 2.05) is 17.0 Å². The number of nitrogens with zero attached hydrogens (tertiary/aromatic N) is 3. The number of pyridine rings is 1. The third kappa shape index (κ3) is 6.19. The van der Waals surface area contributed by atoms with Gasteiger partial charge in [0, 0.05) is 38.9 Å². The second-order valence-electron chi connectivity index (χ2n) is 7.90. The van der Waals surface area contributed by atoms with Crippen LogP contribution in [0, 0.1) is 0 Å². The Morgan fingerprint density at radius 2 is 1.70 bits per heavy atom.